The number of hydrogen-bond acceptors (Lipinski definition) is 6. The second kappa shape index (κ2) is 13.4. The molecule has 0 unspecified atom stereocenters. The number of carboxylic acid groups (broad SMARTS) is 2. The molecular weight excluding hydrogens is 540 g/mol. The van der Waals surface area contributed by atoms with Gasteiger partial charge in [0.25, 0.3) is 0 Å². The van der Waals surface area contributed by atoms with Crippen LogP contribution in [0.25, 0.3) is 0 Å². The third kappa shape index (κ3) is 10.6. The first-order chi connectivity index (χ1) is 18.0. The van der Waals surface area contributed by atoms with Crippen molar-refractivity contribution in [3.05, 3.63) is 30.1 Å². The molecule has 1 amide bonds. The lowest BCUT2D eigenvalue weighted by molar-refractivity contribution is -0.193. The topological polar surface area (TPSA) is 120 Å². The zero-order chi connectivity index (χ0) is 29.4. The van der Waals surface area contributed by atoms with Crippen molar-refractivity contribution in [2.45, 2.75) is 45.1 Å². The normalized spacial score (nSPS) is 23.1. The van der Waals surface area contributed by atoms with Crippen LogP contribution in [0, 0.1) is 17.3 Å². The number of nitrogens with zero attached hydrogens (tertiary/aromatic N) is 3. The summed E-state index contributed by atoms with van der Waals surface area (Å²) in [6.07, 6.45) is -4.45. The molecule has 39 heavy (non-hydrogen) atoms. The molecule has 2 aliphatic heterocycles. The Morgan fingerprint density at radius 3 is 2.08 bits per heavy atom. The molecule has 1 aromatic heterocycles. The number of alkyl halides is 6. The van der Waals surface area contributed by atoms with Crippen LogP contribution in [0.1, 0.15) is 31.9 Å². The van der Waals surface area contributed by atoms with Crippen LogP contribution >= 0.6 is 0 Å². The number of aromatic nitrogens is 1. The van der Waals surface area contributed by atoms with Crippen LogP contribution < -0.4 is 0 Å². The molecule has 4 rings (SSSR count). The van der Waals surface area contributed by atoms with Gasteiger partial charge in [0.15, 0.2) is 0 Å². The fraction of sp³-hybridized carbons (Fsp3) is 0.667. The Bertz CT molecular complexity index is 949. The van der Waals surface area contributed by atoms with Gasteiger partial charge in [0.05, 0.1) is 18.9 Å². The van der Waals surface area contributed by atoms with Gasteiger partial charge >= 0.3 is 24.3 Å². The van der Waals surface area contributed by atoms with Crippen molar-refractivity contribution in [1.82, 2.24) is 14.8 Å². The Morgan fingerprint density at radius 1 is 1.05 bits per heavy atom. The van der Waals surface area contributed by atoms with E-state index in [2.05, 4.69) is 9.88 Å². The zero-order valence-electron chi connectivity index (χ0n) is 21.2. The van der Waals surface area contributed by atoms with E-state index in [1.807, 2.05) is 29.3 Å². The summed E-state index contributed by atoms with van der Waals surface area (Å²) >= 11 is 0. The summed E-state index contributed by atoms with van der Waals surface area (Å²) in [4.78, 5) is 38.6. The van der Waals surface area contributed by atoms with Gasteiger partial charge in [-0.3, -0.25) is 9.78 Å². The number of likely N-dealkylation sites (tertiary alicyclic amines) is 2. The number of carbonyl (C=O) groups is 3. The van der Waals surface area contributed by atoms with Crippen molar-refractivity contribution >= 4 is 17.8 Å². The Morgan fingerprint density at radius 2 is 1.64 bits per heavy atom. The second-order valence-electron chi connectivity index (χ2n) is 9.83. The van der Waals surface area contributed by atoms with E-state index in [-0.39, 0.29) is 11.3 Å². The molecule has 2 atom stereocenters. The maximum atomic E-state index is 11.8. The third-order valence-corrected chi connectivity index (χ3v) is 6.71. The molecule has 2 saturated heterocycles. The summed E-state index contributed by atoms with van der Waals surface area (Å²) in [5.41, 5.74) is 1.21. The van der Waals surface area contributed by atoms with Crippen LogP contribution in [0.3, 0.4) is 0 Å². The van der Waals surface area contributed by atoms with Crippen LogP contribution in [0.15, 0.2) is 24.4 Å². The number of amides is 1. The summed E-state index contributed by atoms with van der Waals surface area (Å²) in [5, 5.41) is 14.2. The van der Waals surface area contributed by atoms with E-state index in [1.165, 1.54) is 19.4 Å². The molecule has 1 aliphatic carbocycles. The number of halogens is 6. The third-order valence-electron chi connectivity index (χ3n) is 6.71. The first-order valence-electron chi connectivity index (χ1n) is 12.1. The fourth-order valence-corrected chi connectivity index (χ4v) is 4.59. The van der Waals surface area contributed by atoms with Crippen LogP contribution in [0.4, 0.5) is 26.3 Å². The minimum absolute atomic E-state index is 0.214. The zero-order valence-corrected chi connectivity index (χ0v) is 21.2. The lowest BCUT2D eigenvalue weighted by Gasteiger charge is -2.30. The predicted octanol–water partition coefficient (Wildman–Crippen LogP) is 3.45. The number of carboxylic acids is 2. The van der Waals surface area contributed by atoms with Crippen molar-refractivity contribution in [3.63, 3.8) is 0 Å². The highest BCUT2D eigenvalue weighted by Crippen LogP contribution is 2.45. The van der Waals surface area contributed by atoms with E-state index >= 15 is 0 Å². The van der Waals surface area contributed by atoms with Crippen molar-refractivity contribution in [2.24, 2.45) is 17.3 Å². The molecule has 1 saturated carbocycles. The molecule has 3 fully saturated rings. The maximum absolute atomic E-state index is 11.8. The number of aliphatic carboxylic acids is 2. The van der Waals surface area contributed by atoms with Gasteiger partial charge in [-0.2, -0.15) is 26.3 Å². The number of hydrogen-bond donors (Lipinski definition) is 2. The van der Waals surface area contributed by atoms with Gasteiger partial charge in [-0.15, -0.1) is 0 Å². The lowest BCUT2D eigenvalue weighted by atomic mass is 9.77. The predicted molar refractivity (Wildman–Crippen MR) is 123 cm³/mol. The molecule has 9 nitrogen and oxygen atoms in total. The first-order valence-corrected chi connectivity index (χ1v) is 12.1. The molecule has 3 aliphatic rings. The SMILES string of the molecule is CC(=O)N1CC[C@@]2(CN(CC3CC3)C[C@@H]2COCc2ccccn2)C1.O=C(O)C(F)(F)F.O=C(O)C(F)(F)F. The fourth-order valence-electron chi connectivity index (χ4n) is 4.59. The van der Waals surface area contributed by atoms with Crippen molar-refractivity contribution in [1.29, 1.82) is 0 Å². The van der Waals surface area contributed by atoms with Crippen molar-refractivity contribution < 1.29 is 55.7 Å². The van der Waals surface area contributed by atoms with Gasteiger partial charge in [-0.1, -0.05) is 6.07 Å². The average Bonchev–Trinajstić information content (AvgIpc) is 3.43. The minimum Gasteiger partial charge on any atom is -0.475 e. The Labute approximate surface area is 220 Å². The molecule has 0 bridgehead atoms. The van der Waals surface area contributed by atoms with Crippen LogP contribution in [0.5, 0.6) is 0 Å². The quantitative estimate of drug-likeness (QED) is 0.499. The molecule has 0 aromatic carbocycles. The standard InChI is InChI=1S/C20H29N3O2.2C2HF3O2/c1-16(24)23-9-7-20(15-23)14-22(10-17-5-6-17)11-18(20)12-25-13-19-4-2-3-8-21-19;2*3-2(4,5)1(6)7/h2-4,8,17-18H,5-7,9-15H2,1H3;2*(H,6,7)/t18-,20-;;/m1../s1. The van der Waals surface area contributed by atoms with E-state index in [4.69, 9.17) is 24.5 Å². The molecule has 1 spiro atoms. The summed E-state index contributed by atoms with van der Waals surface area (Å²) in [6, 6.07) is 5.94. The Hall–Kier alpha value is -2.94. The van der Waals surface area contributed by atoms with E-state index in [1.54, 1.807) is 6.92 Å². The number of ether oxygens (including phenoxy) is 1. The summed E-state index contributed by atoms with van der Waals surface area (Å²) in [5.74, 6) is -3.87. The first kappa shape index (κ1) is 32.3. The van der Waals surface area contributed by atoms with E-state index < -0.39 is 24.3 Å². The largest absolute Gasteiger partial charge is 0.490 e. The second-order valence-corrected chi connectivity index (χ2v) is 9.83. The van der Waals surface area contributed by atoms with Gasteiger partial charge in [0.2, 0.25) is 5.91 Å². The summed E-state index contributed by atoms with van der Waals surface area (Å²) < 4.78 is 69.5. The van der Waals surface area contributed by atoms with E-state index in [0.29, 0.717) is 12.5 Å². The molecule has 15 heteroatoms. The molecular formula is C24H31F6N3O6. The Balaban J connectivity index is 0.000000317. The molecule has 1 aromatic rings. The summed E-state index contributed by atoms with van der Waals surface area (Å²) in [6.45, 7) is 8.33. The lowest BCUT2D eigenvalue weighted by Crippen LogP contribution is -2.37. The van der Waals surface area contributed by atoms with Crippen molar-refractivity contribution in [2.75, 3.05) is 39.3 Å². The highest BCUT2D eigenvalue weighted by molar-refractivity contribution is 5.74. The van der Waals surface area contributed by atoms with Crippen molar-refractivity contribution in [3.8, 4) is 0 Å². The van der Waals surface area contributed by atoms with Crippen LogP contribution in [0.2, 0.25) is 0 Å². The smallest absolute Gasteiger partial charge is 0.475 e. The molecule has 2 N–H and O–H groups in total. The summed E-state index contributed by atoms with van der Waals surface area (Å²) in [7, 11) is 0. The van der Waals surface area contributed by atoms with Crippen LogP contribution in [-0.4, -0.2) is 94.5 Å². The number of pyridine rings is 1. The molecule has 220 valence electrons. The van der Waals surface area contributed by atoms with E-state index in [9.17, 15) is 31.1 Å². The Kier molecular flexibility index (Phi) is 11.1. The van der Waals surface area contributed by atoms with Crippen LogP contribution in [-0.2, 0) is 25.7 Å². The molecule has 3 heterocycles. The van der Waals surface area contributed by atoms with Gasteiger partial charge in [-0.05, 0) is 37.3 Å². The average molecular weight is 572 g/mol. The highest BCUT2D eigenvalue weighted by Gasteiger charge is 2.51. The number of rotatable bonds is 6. The van der Waals surface area contributed by atoms with E-state index in [0.717, 1.165) is 50.8 Å². The van der Waals surface area contributed by atoms with Gasteiger partial charge in [-0.25, -0.2) is 9.59 Å². The highest BCUT2D eigenvalue weighted by atomic mass is 19.4. The van der Waals surface area contributed by atoms with Gasteiger partial charge in [0, 0.05) is 57.2 Å². The number of carbonyl (C=O) groups excluding carboxylic acids is 1. The van der Waals surface area contributed by atoms with Gasteiger partial charge < -0.3 is 24.7 Å². The van der Waals surface area contributed by atoms with Gasteiger partial charge in [0.1, 0.15) is 0 Å². The molecule has 0 radical (unpaired) electrons. The maximum Gasteiger partial charge on any atom is 0.490 e. The monoisotopic (exact) mass is 571 g/mol. The minimum atomic E-state index is -5.08.